The van der Waals surface area contributed by atoms with Gasteiger partial charge in [0.25, 0.3) is 15.7 Å². The lowest BCUT2D eigenvalue weighted by molar-refractivity contribution is -0.384. The Morgan fingerprint density at radius 1 is 1.00 bits per heavy atom. The van der Waals surface area contributed by atoms with E-state index in [-0.39, 0.29) is 17.0 Å². The molecule has 0 aromatic heterocycles. The van der Waals surface area contributed by atoms with Crippen LogP contribution in [-0.2, 0) is 20.0 Å². The standard InChI is InChI=1S/C23H22N4O6S2/c1-16-6-12-21(13-7-16)35(32,33)26-23(18-4-3-5-20(14-18)27(28)29)15-22(24-26)17-8-10-19(11-9-17)25-34(2,30)31/h3-14,23,25H,15H2,1-2H3/t23-/m0/s1. The fraction of sp³-hybridized carbons (Fsp3) is 0.174. The van der Waals surface area contributed by atoms with Gasteiger partial charge >= 0.3 is 0 Å². The molecular weight excluding hydrogens is 492 g/mol. The number of hydrogen-bond donors (Lipinski definition) is 1. The lowest BCUT2D eigenvalue weighted by Crippen LogP contribution is -2.27. The van der Waals surface area contributed by atoms with Crippen LogP contribution in [0.5, 0.6) is 0 Å². The lowest BCUT2D eigenvalue weighted by Gasteiger charge is -2.23. The molecule has 0 amide bonds. The van der Waals surface area contributed by atoms with E-state index in [1.165, 1.54) is 30.3 Å². The molecule has 1 aliphatic heterocycles. The zero-order valence-electron chi connectivity index (χ0n) is 18.8. The van der Waals surface area contributed by atoms with Gasteiger partial charge in [0.15, 0.2) is 0 Å². The quantitative estimate of drug-likeness (QED) is 0.376. The fourth-order valence-corrected chi connectivity index (χ4v) is 5.74. The number of nitro groups is 1. The Morgan fingerprint density at radius 2 is 1.66 bits per heavy atom. The first kappa shape index (κ1) is 24.4. The van der Waals surface area contributed by atoms with Gasteiger partial charge in [0, 0.05) is 24.2 Å². The third-order valence-corrected chi connectivity index (χ3v) is 7.73. The van der Waals surface area contributed by atoms with E-state index in [0.29, 0.717) is 22.5 Å². The highest BCUT2D eigenvalue weighted by atomic mass is 32.2. The van der Waals surface area contributed by atoms with Crippen LogP contribution < -0.4 is 4.72 Å². The maximum absolute atomic E-state index is 13.5. The van der Waals surface area contributed by atoms with Crippen LogP contribution in [0.15, 0.2) is 82.8 Å². The van der Waals surface area contributed by atoms with E-state index in [1.54, 1.807) is 42.5 Å². The number of nitrogens with one attached hydrogen (secondary N) is 1. The molecule has 4 rings (SSSR count). The summed E-state index contributed by atoms with van der Waals surface area (Å²) in [5, 5.41) is 15.7. The highest BCUT2D eigenvalue weighted by Crippen LogP contribution is 2.38. The molecular formula is C23H22N4O6S2. The minimum atomic E-state index is -4.07. The third kappa shape index (κ3) is 5.33. The Labute approximate surface area is 203 Å². The monoisotopic (exact) mass is 514 g/mol. The molecule has 182 valence electrons. The molecule has 1 atom stereocenters. The van der Waals surface area contributed by atoms with Crippen molar-refractivity contribution in [2.75, 3.05) is 11.0 Å². The van der Waals surface area contributed by atoms with Crippen molar-refractivity contribution in [1.82, 2.24) is 4.41 Å². The SMILES string of the molecule is Cc1ccc(S(=O)(=O)N2N=C(c3ccc(NS(C)(=O)=O)cc3)C[C@H]2c2cccc([N+](=O)[O-])c2)cc1. The minimum absolute atomic E-state index is 0.0521. The average Bonchev–Trinajstić information content (AvgIpc) is 3.25. The Kier molecular flexibility index (Phi) is 6.34. The van der Waals surface area contributed by atoms with Crippen LogP contribution in [0, 0.1) is 17.0 Å². The fourth-order valence-electron chi connectivity index (χ4n) is 3.74. The average molecular weight is 515 g/mol. The molecule has 12 heteroatoms. The number of non-ortho nitro benzene ring substituents is 1. The van der Waals surface area contributed by atoms with E-state index in [2.05, 4.69) is 9.82 Å². The van der Waals surface area contributed by atoms with Crippen molar-refractivity contribution in [3.8, 4) is 0 Å². The van der Waals surface area contributed by atoms with Gasteiger partial charge in [0.1, 0.15) is 0 Å². The van der Waals surface area contributed by atoms with Crippen LogP contribution in [-0.4, -0.2) is 38.1 Å². The van der Waals surface area contributed by atoms with Gasteiger partial charge in [-0.1, -0.05) is 42.0 Å². The first-order valence-corrected chi connectivity index (χ1v) is 13.8. The predicted molar refractivity (Wildman–Crippen MR) is 132 cm³/mol. The van der Waals surface area contributed by atoms with Crippen LogP contribution in [0.25, 0.3) is 0 Å². The van der Waals surface area contributed by atoms with E-state index >= 15 is 0 Å². The van der Waals surface area contributed by atoms with Crippen molar-refractivity contribution >= 4 is 37.1 Å². The second-order valence-corrected chi connectivity index (χ2v) is 11.7. The van der Waals surface area contributed by atoms with Crippen molar-refractivity contribution in [3.05, 3.63) is 99.6 Å². The second kappa shape index (κ2) is 9.12. The minimum Gasteiger partial charge on any atom is -0.284 e. The first-order valence-electron chi connectivity index (χ1n) is 10.5. The molecule has 3 aromatic carbocycles. The van der Waals surface area contributed by atoms with Crippen LogP contribution in [0.3, 0.4) is 0 Å². The molecule has 1 aliphatic rings. The topological polar surface area (TPSA) is 139 Å². The van der Waals surface area contributed by atoms with Crippen molar-refractivity contribution < 1.29 is 21.8 Å². The summed E-state index contributed by atoms with van der Waals surface area (Å²) in [6.07, 6.45) is 1.21. The zero-order chi connectivity index (χ0) is 25.4. The normalized spacial score (nSPS) is 16.1. The number of nitrogens with zero attached hydrogens (tertiary/aromatic N) is 3. The summed E-state index contributed by atoms with van der Waals surface area (Å²) in [5.41, 5.74) is 2.58. The number of aryl methyl sites for hydroxylation is 1. The molecule has 0 unspecified atom stereocenters. The highest BCUT2D eigenvalue weighted by molar-refractivity contribution is 7.92. The van der Waals surface area contributed by atoms with E-state index in [0.717, 1.165) is 16.2 Å². The van der Waals surface area contributed by atoms with Crippen LogP contribution in [0.1, 0.15) is 29.2 Å². The smallest absolute Gasteiger partial charge is 0.279 e. The van der Waals surface area contributed by atoms with Gasteiger partial charge in [-0.05, 0) is 42.3 Å². The van der Waals surface area contributed by atoms with Gasteiger partial charge < -0.3 is 0 Å². The molecule has 0 fully saturated rings. The number of nitro benzene ring substituents is 1. The maximum Gasteiger partial charge on any atom is 0.279 e. The lowest BCUT2D eigenvalue weighted by atomic mass is 9.99. The zero-order valence-corrected chi connectivity index (χ0v) is 20.5. The van der Waals surface area contributed by atoms with Crippen LogP contribution >= 0.6 is 0 Å². The van der Waals surface area contributed by atoms with Crippen LogP contribution in [0.2, 0.25) is 0 Å². The van der Waals surface area contributed by atoms with Crippen molar-refractivity contribution in [1.29, 1.82) is 0 Å². The molecule has 35 heavy (non-hydrogen) atoms. The summed E-state index contributed by atoms with van der Waals surface area (Å²) in [6, 6.07) is 17.8. The molecule has 0 saturated carbocycles. The Morgan fingerprint density at radius 3 is 2.26 bits per heavy atom. The Balaban J connectivity index is 1.76. The number of rotatable bonds is 7. The largest absolute Gasteiger partial charge is 0.284 e. The van der Waals surface area contributed by atoms with Crippen molar-refractivity contribution in [2.24, 2.45) is 5.10 Å². The Bertz CT molecular complexity index is 1520. The van der Waals surface area contributed by atoms with Gasteiger partial charge in [0.2, 0.25) is 10.0 Å². The van der Waals surface area contributed by atoms with Gasteiger partial charge in [-0.3, -0.25) is 14.8 Å². The highest BCUT2D eigenvalue weighted by Gasteiger charge is 2.38. The first-order chi connectivity index (χ1) is 16.4. The van der Waals surface area contributed by atoms with Gasteiger partial charge in [-0.2, -0.15) is 17.9 Å². The molecule has 0 saturated heterocycles. The molecule has 0 radical (unpaired) electrons. The van der Waals surface area contributed by atoms with E-state index in [9.17, 15) is 26.9 Å². The molecule has 0 spiro atoms. The van der Waals surface area contributed by atoms with Crippen molar-refractivity contribution in [2.45, 2.75) is 24.3 Å². The van der Waals surface area contributed by atoms with E-state index < -0.39 is 31.0 Å². The molecule has 0 aliphatic carbocycles. The number of sulfonamides is 2. The summed E-state index contributed by atoms with van der Waals surface area (Å²) in [7, 11) is -7.52. The summed E-state index contributed by atoms with van der Waals surface area (Å²) >= 11 is 0. The molecule has 0 bridgehead atoms. The molecule has 1 heterocycles. The number of anilines is 1. The van der Waals surface area contributed by atoms with Crippen molar-refractivity contribution in [3.63, 3.8) is 0 Å². The Hall–Kier alpha value is -3.77. The molecule has 10 nitrogen and oxygen atoms in total. The summed E-state index contributed by atoms with van der Waals surface area (Å²) in [5.74, 6) is 0. The van der Waals surface area contributed by atoms with E-state index in [4.69, 9.17) is 0 Å². The molecule has 1 N–H and O–H groups in total. The predicted octanol–water partition coefficient (Wildman–Crippen LogP) is 3.81. The maximum atomic E-state index is 13.5. The summed E-state index contributed by atoms with van der Waals surface area (Å²) < 4.78 is 53.4. The van der Waals surface area contributed by atoms with Gasteiger partial charge in [0.05, 0.1) is 27.8 Å². The van der Waals surface area contributed by atoms with Crippen LogP contribution in [0.4, 0.5) is 11.4 Å². The van der Waals surface area contributed by atoms with Gasteiger partial charge in [-0.25, -0.2) is 8.42 Å². The van der Waals surface area contributed by atoms with Gasteiger partial charge in [-0.15, -0.1) is 0 Å². The number of hydrazone groups is 1. The summed E-state index contributed by atoms with van der Waals surface area (Å²) in [6.45, 7) is 1.84. The number of hydrogen-bond acceptors (Lipinski definition) is 7. The third-order valence-electron chi connectivity index (χ3n) is 5.42. The molecule has 3 aromatic rings. The number of benzene rings is 3. The van der Waals surface area contributed by atoms with E-state index in [1.807, 2.05) is 6.92 Å². The summed E-state index contributed by atoms with van der Waals surface area (Å²) in [4.78, 5) is 10.8. The second-order valence-electron chi connectivity index (χ2n) is 8.16.